The monoisotopic (exact) mass is 317 g/mol. The summed E-state index contributed by atoms with van der Waals surface area (Å²) in [7, 11) is 0. The Bertz CT molecular complexity index is 590. The molecule has 3 rings (SSSR count). The number of benzene rings is 1. The maximum absolute atomic E-state index is 12.2. The third kappa shape index (κ3) is 3.64. The Labute approximate surface area is 135 Å². The van der Waals surface area contributed by atoms with Gasteiger partial charge in [-0.15, -0.1) is 0 Å². The minimum absolute atomic E-state index is 0.0855. The molecule has 1 aromatic rings. The molecule has 0 bridgehead atoms. The van der Waals surface area contributed by atoms with Crippen molar-refractivity contribution in [2.24, 2.45) is 0 Å². The maximum Gasteiger partial charge on any atom is 0.319 e. The van der Waals surface area contributed by atoms with E-state index in [0.717, 1.165) is 37.8 Å². The molecule has 0 unspecified atom stereocenters. The number of para-hydroxylation sites is 2. The number of rotatable bonds is 3. The van der Waals surface area contributed by atoms with Crippen molar-refractivity contribution in [3.63, 3.8) is 0 Å². The van der Waals surface area contributed by atoms with Gasteiger partial charge in [0.15, 0.2) is 0 Å². The van der Waals surface area contributed by atoms with Crippen molar-refractivity contribution in [2.75, 3.05) is 16.8 Å². The van der Waals surface area contributed by atoms with Crippen molar-refractivity contribution < 1.29 is 14.7 Å². The van der Waals surface area contributed by atoms with Gasteiger partial charge in [-0.3, -0.25) is 4.79 Å². The second-order valence-corrected chi connectivity index (χ2v) is 6.22. The summed E-state index contributed by atoms with van der Waals surface area (Å²) in [6.07, 6.45) is 4.44. The summed E-state index contributed by atoms with van der Waals surface area (Å²) in [4.78, 5) is 25.9. The van der Waals surface area contributed by atoms with E-state index >= 15 is 0 Å². The van der Waals surface area contributed by atoms with E-state index in [1.54, 1.807) is 11.0 Å². The maximum atomic E-state index is 12.2. The summed E-state index contributed by atoms with van der Waals surface area (Å²) in [6.45, 7) is 0.681. The number of urea groups is 1. The number of nitrogens with zero attached hydrogens (tertiary/aromatic N) is 1. The first-order chi connectivity index (χ1) is 11.1. The third-order valence-corrected chi connectivity index (χ3v) is 4.56. The largest absolute Gasteiger partial charge is 0.391 e. The van der Waals surface area contributed by atoms with Crippen LogP contribution in [0.1, 0.15) is 38.5 Å². The molecule has 0 radical (unpaired) electrons. The molecule has 2 atom stereocenters. The molecule has 1 heterocycles. The van der Waals surface area contributed by atoms with Gasteiger partial charge in [-0.1, -0.05) is 25.0 Å². The third-order valence-electron chi connectivity index (χ3n) is 4.56. The highest BCUT2D eigenvalue weighted by molar-refractivity contribution is 6.01. The standard InChI is InChI=1S/C17H23N3O3/c21-15-9-4-2-7-13(15)19-17(23)18-12-6-1-3-8-14(12)20-11-5-10-16(20)22/h1,3,6,8,13,15,21H,2,4-5,7,9-11H2,(H2,18,19,23)/t13-,15+/m0/s1. The normalized spacial score (nSPS) is 24.6. The van der Waals surface area contributed by atoms with E-state index in [1.807, 2.05) is 18.2 Å². The van der Waals surface area contributed by atoms with Crippen LogP contribution in [0.4, 0.5) is 16.2 Å². The number of anilines is 2. The molecule has 1 aliphatic heterocycles. The summed E-state index contributed by atoms with van der Waals surface area (Å²) in [5, 5.41) is 15.6. The minimum atomic E-state index is -0.482. The molecule has 6 nitrogen and oxygen atoms in total. The van der Waals surface area contributed by atoms with E-state index in [-0.39, 0.29) is 18.0 Å². The van der Waals surface area contributed by atoms with Crippen LogP contribution in [0.2, 0.25) is 0 Å². The van der Waals surface area contributed by atoms with Crippen molar-refractivity contribution in [1.82, 2.24) is 5.32 Å². The number of nitrogens with one attached hydrogen (secondary N) is 2. The Morgan fingerprint density at radius 1 is 1.17 bits per heavy atom. The lowest BCUT2D eigenvalue weighted by molar-refractivity contribution is -0.117. The van der Waals surface area contributed by atoms with Crippen molar-refractivity contribution in [1.29, 1.82) is 0 Å². The summed E-state index contributed by atoms with van der Waals surface area (Å²) in [5.74, 6) is 0.0855. The SMILES string of the molecule is O=C(Nc1ccccc1N1CCCC1=O)N[C@H]1CCCC[C@H]1O. The van der Waals surface area contributed by atoms with Gasteiger partial charge < -0.3 is 20.6 Å². The van der Waals surface area contributed by atoms with Crippen LogP contribution in [0.3, 0.4) is 0 Å². The van der Waals surface area contributed by atoms with Gasteiger partial charge in [-0.25, -0.2) is 4.79 Å². The van der Waals surface area contributed by atoms with Gasteiger partial charge in [-0.2, -0.15) is 0 Å². The molecule has 2 aliphatic rings. The van der Waals surface area contributed by atoms with Gasteiger partial charge in [0.05, 0.1) is 23.5 Å². The molecule has 1 aliphatic carbocycles. The Balaban J connectivity index is 1.67. The van der Waals surface area contributed by atoms with Gasteiger partial charge >= 0.3 is 6.03 Å². The zero-order valence-corrected chi connectivity index (χ0v) is 13.1. The van der Waals surface area contributed by atoms with E-state index in [2.05, 4.69) is 10.6 Å². The molecule has 3 amide bonds. The lowest BCUT2D eigenvalue weighted by Crippen LogP contribution is -2.46. The van der Waals surface area contributed by atoms with Crippen LogP contribution in [-0.4, -0.2) is 35.7 Å². The van der Waals surface area contributed by atoms with Crippen molar-refractivity contribution in [3.05, 3.63) is 24.3 Å². The van der Waals surface area contributed by atoms with Crippen LogP contribution in [0, 0.1) is 0 Å². The number of aliphatic hydroxyl groups excluding tert-OH is 1. The van der Waals surface area contributed by atoms with Gasteiger partial charge in [0.25, 0.3) is 0 Å². The van der Waals surface area contributed by atoms with Crippen LogP contribution >= 0.6 is 0 Å². The zero-order valence-electron chi connectivity index (χ0n) is 13.1. The molecule has 1 saturated heterocycles. The van der Waals surface area contributed by atoms with Crippen LogP contribution in [0.5, 0.6) is 0 Å². The highest BCUT2D eigenvalue weighted by atomic mass is 16.3. The van der Waals surface area contributed by atoms with Gasteiger partial charge in [0.2, 0.25) is 5.91 Å². The van der Waals surface area contributed by atoms with Gasteiger partial charge in [-0.05, 0) is 31.4 Å². The van der Waals surface area contributed by atoms with Crippen LogP contribution in [0.25, 0.3) is 0 Å². The second-order valence-electron chi connectivity index (χ2n) is 6.22. The average molecular weight is 317 g/mol. The Morgan fingerprint density at radius 3 is 2.70 bits per heavy atom. The lowest BCUT2D eigenvalue weighted by Gasteiger charge is -2.28. The first-order valence-electron chi connectivity index (χ1n) is 8.30. The number of carbonyl (C=O) groups excluding carboxylic acids is 2. The molecule has 1 aromatic carbocycles. The number of hydrogen-bond acceptors (Lipinski definition) is 3. The highest BCUT2D eigenvalue weighted by Gasteiger charge is 2.26. The smallest absolute Gasteiger partial charge is 0.319 e. The minimum Gasteiger partial charge on any atom is -0.391 e. The molecule has 3 N–H and O–H groups in total. The zero-order chi connectivity index (χ0) is 16.2. The fraction of sp³-hybridized carbons (Fsp3) is 0.529. The molecule has 2 fully saturated rings. The van der Waals surface area contributed by atoms with Crippen molar-refractivity contribution >= 4 is 23.3 Å². The Morgan fingerprint density at radius 2 is 1.96 bits per heavy atom. The summed E-state index contributed by atoms with van der Waals surface area (Å²) in [6, 6.07) is 6.77. The van der Waals surface area contributed by atoms with Crippen LogP contribution in [0.15, 0.2) is 24.3 Å². The quantitative estimate of drug-likeness (QED) is 0.799. The van der Waals surface area contributed by atoms with E-state index < -0.39 is 6.10 Å². The van der Waals surface area contributed by atoms with Gasteiger partial charge in [0, 0.05) is 13.0 Å². The average Bonchev–Trinajstić information content (AvgIpc) is 2.96. The van der Waals surface area contributed by atoms with E-state index in [4.69, 9.17) is 0 Å². The van der Waals surface area contributed by atoms with Crippen LogP contribution < -0.4 is 15.5 Å². The molecular weight excluding hydrogens is 294 g/mol. The lowest BCUT2D eigenvalue weighted by atomic mass is 9.93. The van der Waals surface area contributed by atoms with Crippen molar-refractivity contribution in [3.8, 4) is 0 Å². The molecule has 124 valence electrons. The van der Waals surface area contributed by atoms with E-state index in [0.29, 0.717) is 18.7 Å². The number of aliphatic hydroxyl groups is 1. The number of hydrogen-bond donors (Lipinski definition) is 3. The summed E-state index contributed by atoms with van der Waals surface area (Å²) >= 11 is 0. The Hall–Kier alpha value is -2.08. The molecule has 0 spiro atoms. The van der Waals surface area contributed by atoms with E-state index in [1.165, 1.54) is 0 Å². The molecule has 6 heteroatoms. The summed E-state index contributed by atoms with van der Waals surface area (Å²) in [5.41, 5.74) is 1.35. The first kappa shape index (κ1) is 15.8. The topological polar surface area (TPSA) is 81.7 Å². The first-order valence-corrected chi connectivity index (χ1v) is 8.30. The molecule has 1 saturated carbocycles. The van der Waals surface area contributed by atoms with Crippen molar-refractivity contribution in [2.45, 2.75) is 50.7 Å². The number of amides is 3. The molecular formula is C17H23N3O3. The van der Waals surface area contributed by atoms with Crippen LogP contribution in [-0.2, 0) is 4.79 Å². The Kier molecular flexibility index (Phi) is 4.81. The van der Waals surface area contributed by atoms with Gasteiger partial charge in [0.1, 0.15) is 0 Å². The predicted molar refractivity (Wildman–Crippen MR) is 88.4 cm³/mol. The predicted octanol–water partition coefficient (Wildman–Crippen LogP) is 2.24. The number of carbonyl (C=O) groups is 2. The highest BCUT2D eigenvalue weighted by Crippen LogP contribution is 2.29. The fourth-order valence-corrected chi connectivity index (χ4v) is 3.32. The molecule has 23 heavy (non-hydrogen) atoms. The summed E-state index contributed by atoms with van der Waals surface area (Å²) < 4.78 is 0. The second kappa shape index (κ2) is 7.00. The van der Waals surface area contributed by atoms with E-state index in [9.17, 15) is 14.7 Å². The fourth-order valence-electron chi connectivity index (χ4n) is 3.32. The molecule has 0 aromatic heterocycles.